The lowest BCUT2D eigenvalue weighted by molar-refractivity contribution is -0.139. The molecule has 1 fully saturated rings. The molecule has 0 aliphatic heterocycles. The van der Waals surface area contributed by atoms with Crippen molar-refractivity contribution in [3.63, 3.8) is 0 Å². The van der Waals surface area contributed by atoms with Gasteiger partial charge in [0.25, 0.3) is 0 Å². The summed E-state index contributed by atoms with van der Waals surface area (Å²) in [5.41, 5.74) is 4.29. The molecule has 0 saturated heterocycles. The number of carboxylic acids is 1. The van der Waals surface area contributed by atoms with Gasteiger partial charge in [-0.15, -0.1) is 0 Å². The number of carbonyl (C=O) groups is 2. The van der Waals surface area contributed by atoms with Crippen molar-refractivity contribution >= 4 is 23.4 Å². The lowest BCUT2D eigenvalue weighted by Gasteiger charge is -2.33. The second kappa shape index (κ2) is 7.27. The molecule has 4 heteroatoms. The Kier molecular flexibility index (Phi) is 5.36. The Morgan fingerprint density at radius 3 is 2.48 bits per heavy atom. The highest BCUT2D eigenvalue weighted by atomic mass is 35.5. The molecule has 2 aliphatic rings. The third-order valence-corrected chi connectivity index (χ3v) is 6.62. The highest BCUT2D eigenvalue weighted by Gasteiger charge is 2.45. The predicted molar refractivity (Wildman–Crippen MR) is 108 cm³/mol. The molecule has 0 amide bonds. The Morgan fingerprint density at radius 1 is 1.26 bits per heavy atom. The van der Waals surface area contributed by atoms with Crippen LogP contribution in [0, 0.1) is 17.3 Å². The van der Waals surface area contributed by atoms with E-state index in [4.69, 9.17) is 11.6 Å². The molecule has 4 unspecified atom stereocenters. The zero-order valence-electron chi connectivity index (χ0n) is 16.4. The van der Waals surface area contributed by atoms with Crippen molar-refractivity contribution in [2.75, 3.05) is 0 Å². The van der Waals surface area contributed by atoms with Gasteiger partial charge in [0.05, 0.1) is 6.42 Å². The second-order valence-electron chi connectivity index (χ2n) is 8.59. The van der Waals surface area contributed by atoms with E-state index in [1.54, 1.807) is 0 Å². The van der Waals surface area contributed by atoms with Crippen LogP contribution in [0.4, 0.5) is 0 Å². The van der Waals surface area contributed by atoms with Gasteiger partial charge in [-0.3, -0.25) is 9.59 Å². The largest absolute Gasteiger partial charge is 0.481 e. The maximum absolute atomic E-state index is 12.8. The summed E-state index contributed by atoms with van der Waals surface area (Å²) in [4.78, 5) is 24.0. The number of allylic oxidation sites excluding steroid dienone is 4. The third kappa shape index (κ3) is 3.89. The molecule has 1 aromatic carbocycles. The molecule has 0 spiro atoms. The summed E-state index contributed by atoms with van der Waals surface area (Å²) in [6.07, 6.45) is 3.28. The molecule has 0 bridgehead atoms. The minimum Gasteiger partial charge on any atom is -0.481 e. The fourth-order valence-corrected chi connectivity index (χ4v) is 5.06. The fourth-order valence-electron chi connectivity index (χ4n) is 4.93. The summed E-state index contributed by atoms with van der Waals surface area (Å²) >= 11 is 6.03. The van der Waals surface area contributed by atoms with Gasteiger partial charge in [0.15, 0.2) is 0 Å². The quantitative estimate of drug-likeness (QED) is 0.711. The summed E-state index contributed by atoms with van der Waals surface area (Å²) in [6.45, 7) is 8.33. The first kappa shape index (κ1) is 19.9. The van der Waals surface area contributed by atoms with Crippen molar-refractivity contribution in [3.8, 4) is 0 Å². The number of rotatable bonds is 4. The van der Waals surface area contributed by atoms with Crippen LogP contribution >= 0.6 is 11.6 Å². The number of Topliss-reactive ketones (excluding diaryl/α,β-unsaturated/α-hetero) is 1. The number of ketones is 1. The molecule has 0 aromatic heterocycles. The standard InChI is InChI=1S/C23H27ClO3/c1-13-9-18(16-5-7-17(24)8-6-16)14(2)15(3)22(13)19-10-23(4,11-20(19)25)12-21(26)27/h5-9,14,18-19H,10-12H2,1-4H3,(H,26,27). The molecule has 27 heavy (non-hydrogen) atoms. The van der Waals surface area contributed by atoms with Gasteiger partial charge in [-0.2, -0.15) is 0 Å². The molecule has 0 radical (unpaired) electrons. The molecule has 2 aliphatic carbocycles. The fraction of sp³-hybridized carbons (Fsp3) is 0.478. The summed E-state index contributed by atoms with van der Waals surface area (Å²) in [7, 11) is 0. The van der Waals surface area contributed by atoms with E-state index in [0.29, 0.717) is 12.8 Å². The van der Waals surface area contributed by atoms with E-state index in [2.05, 4.69) is 39.0 Å². The number of hydrogen-bond donors (Lipinski definition) is 1. The van der Waals surface area contributed by atoms with E-state index in [9.17, 15) is 14.7 Å². The number of hydrogen-bond acceptors (Lipinski definition) is 2. The summed E-state index contributed by atoms with van der Waals surface area (Å²) in [5.74, 6) is -0.294. The first-order valence-electron chi connectivity index (χ1n) is 9.51. The Hall–Kier alpha value is -1.87. The van der Waals surface area contributed by atoms with Crippen LogP contribution in [0.15, 0.2) is 47.1 Å². The number of aliphatic carboxylic acids is 1. The van der Waals surface area contributed by atoms with Crippen LogP contribution in [0.25, 0.3) is 0 Å². The number of carbonyl (C=O) groups excluding carboxylic acids is 1. The van der Waals surface area contributed by atoms with Crippen LogP contribution in [-0.2, 0) is 9.59 Å². The molecule has 3 nitrogen and oxygen atoms in total. The zero-order valence-corrected chi connectivity index (χ0v) is 17.1. The zero-order chi connectivity index (χ0) is 19.9. The average molecular weight is 387 g/mol. The van der Waals surface area contributed by atoms with E-state index in [-0.39, 0.29) is 30.0 Å². The van der Waals surface area contributed by atoms with Gasteiger partial charge in [0.2, 0.25) is 0 Å². The van der Waals surface area contributed by atoms with Gasteiger partial charge in [0, 0.05) is 23.3 Å². The van der Waals surface area contributed by atoms with E-state index in [1.807, 2.05) is 19.1 Å². The Bertz CT molecular complexity index is 834. The Morgan fingerprint density at radius 2 is 1.89 bits per heavy atom. The number of benzene rings is 1. The van der Waals surface area contributed by atoms with Crippen LogP contribution in [0.1, 0.15) is 58.4 Å². The monoisotopic (exact) mass is 386 g/mol. The summed E-state index contributed by atoms with van der Waals surface area (Å²) in [6, 6.07) is 7.96. The SMILES string of the molecule is CC1=CC(c2ccc(Cl)cc2)C(C)C(C)=C1C1CC(C)(CC(=O)O)CC1=O. The van der Waals surface area contributed by atoms with Crippen LogP contribution in [-0.4, -0.2) is 16.9 Å². The van der Waals surface area contributed by atoms with Gasteiger partial charge in [0.1, 0.15) is 5.78 Å². The molecule has 144 valence electrons. The van der Waals surface area contributed by atoms with Crippen molar-refractivity contribution in [2.45, 2.75) is 52.9 Å². The average Bonchev–Trinajstić information content (AvgIpc) is 2.85. The Balaban J connectivity index is 1.91. The van der Waals surface area contributed by atoms with E-state index in [1.165, 1.54) is 11.1 Å². The smallest absolute Gasteiger partial charge is 0.303 e. The first-order chi connectivity index (χ1) is 12.6. The van der Waals surface area contributed by atoms with E-state index >= 15 is 0 Å². The van der Waals surface area contributed by atoms with Gasteiger partial charge in [-0.05, 0) is 54.9 Å². The second-order valence-corrected chi connectivity index (χ2v) is 9.03. The summed E-state index contributed by atoms with van der Waals surface area (Å²) < 4.78 is 0. The predicted octanol–water partition coefficient (Wildman–Crippen LogP) is 5.80. The molecule has 1 aromatic rings. The highest BCUT2D eigenvalue weighted by Crippen LogP contribution is 2.50. The van der Waals surface area contributed by atoms with Crippen LogP contribution in [0.2, 0.25) is 5.02 Å². The first-order valence-corrected chi connectivity index (χ1v) is 9.88. The van der Waals surface area contributed by atoms with E-state index in [0.717, 1.165) is 16.2 Å². The van der Waals surface area contributed by atoms with Gasteiger partial charge in [-0.25, -0.2) is 0 Å². The van der Waals surface area contributed by atoms with Crippen molar-refractivity contribution < 1.29 is 14.7 Å². The molecular weight excluding hydrogens is 360 g/mol. The number of carboxylic acid groups (broad SMARTS) is 1. The lowest BCUT2D eigenvalue weighted by Crippen LogP contribution is -2.22. The highest BCUT2D eigenvalue weighted by molar-refractivity contribution is 6.30. The van der Waals surface area contributed by atoms with Crippen molar-refractivity contribution in [1.29, 1.82) is 0 Å². The minimum absolute atomic E-state index is 0.0489. The minimum atomic E-state index is -0.830. The van der Waals surface area contributed by atoms with E-state index < -0.39 is 11.4 Å². The third-order valence-electron chi connectivity index (χ3n) is 6.37. The normalized spacial score (nSPS) is 31.2. The Labute approximate surface area is 166 Å². The molecule has 1 saturated carbocycles. The molecule has 3 rings (SSSR count). The molecule has 1 N–H and O–H groups in total. The van der Waals surface area contributed by atoms with Gasteiger partial charge >= 0.3 is 5.97 Å². The maximum Gasteiger partial charge on any atom is 0.303 e. The van der Waals surface area contributed by atoms with Crippen molar-refractivity contribution in [1.82, 2.24) is 0 Å². The molecular formula is C23H27ClO3. The number of halogens is 1. The summed E-state index contributed by atoms with van der Waals surface area (Å²) in [5, 5.41) is 9.93. The van der Waals surface area contributed by atoms with Gasteiger partial charge < -0.3 is 5.11 Å². The van der Waals surface area contributed by atoms with Crippen LogP contribution in [0.5, 0.6) is 0 Å². The van der Waals surface area contributed by atoms with Crippen molar-refractivity contribution in [3.05, 3.63) is 57.6 Å². The lowest BCUT2D eigenvalue weighted by atomic mass is 9.71. The van der Waals surface area contributed by atoms with Crippen LogP contribution < -0.4 is 0 Å². The topological polar surface area (TPSA) is 54.4 Å². The van der Waals surface area contributed by atoms with Crippen LogP contribution in [0.3, 0.4) is 0 Å². The van der Waals surface area contributed by atoms with Gasteiger partial charge in [-0.1, -0.05) is 54.8 Å². The maximum atomic E-state index is 12.8. The molecule has 0 heterocycles. The molecule has 4 atom stereocenters. The van der Waals surface area contributed by atoms with Crippen molar-refractivity contribution in [2.24, 2.45) is 17.3 Å².